The second-order valence-electron chi connectivity index (χ2n) is 4.77. The first-order valence-electron chi connectivity index (χ1n) is 6.52. The van der Waals surface area contributed by atoms with Crippen molar-refractivity contribution >= 4 is 11.3 Å². The maximum atomic E-state index is 5.68. The van der Waals surface area contributed by atoms with Gasteiger partial charge in [-0.2, -0.15) is 0 Å². The van der Waals surface area contributed by atoms with Gasteiger partial charge in [0.2, 0.25) is 0 Å². The molecule has 17 heavy (non-hydrogen) atoms. The number of nitrogens with two attached hydrogens (primary N) is 1. The van der Waals surface area contributed by atoms with Gasteiger partial charge in [0.15, 0.2) is 0 Å². The Kier molecular flexibility index (Phi) is 4.95. The third-order valence-electron chi connectivity index (χ3n) is 3.55. The molecule has 0 amide bonds. The van der Waals surface area contributed by atoms with Crippen LogP contribution in [-0.4, -0.2) is 18.6 Å². The highest BCUT2D eigenvalue weighted by Gasteiger charge is 2.27. The molecule has 96 valence electrons. The SMILES string of the molecule is COC(c1nc(CCN)cs1)C1CCCCC1. The molecule has 1 aliphatic carbocycles. The molecular formula is C13H22N2OS. The lowest BCUT2D eigenvalue weighted by atomic mass is 9.85. The molecule has 1 heterocycles. The van der Waals surface area contributed by atoms with Crippen molar-refractivity contribution in [2.24, 2.45) is 11.7 Å². The van der Waals surface area contributed by atoms with Crippen LogP contribution in [0.4, 0.5) is 0 Å². The van der Waals surface area contributed by atoms with Gasteiger partial charge in [0.25, 0.3) is 0 Å². The van der Waals surface area contributed by atoms with Crippen LogP contribution in [0.1, 0.15) is 48.9 Å². The molecule has 1 saturated carbocycles. The third-order valence-corrected chi connectivity index (χ3v) is 4.50. The van der Waals surface area contributed by atoms with E-state index in [-0.39, 0.29) is 6.10 Å². The van der Waals surface area contributed by atoms with Crippen LogP contribution >= 0.6 is 11.3 Å². The first kappa shape index (κ1) is 13.0. The van der Waals surface area contributed by atoms with Crippen molar-refractivity contribution in [1.29, 1.82) is 0 Å². The van der Waals surface area contributed by atoms with Crippen LogP contribution in [0.3, 0.4) is 0 Å². The molecule has 0 spiro atoms. The molecule has 1 unspecified atom stereocenters. The van der Waals surface area contributed by atoms with Crippen LogP contribution in [0.2, 0.25) is 0 Å². The average Bonchev–Trinajstić information content (AvgIpc) is 2.81. The Balaban J connectivity index is 2.04. The number of thiazole rings is 1. The van der Waals surface area contributed by atoms with Gasteiger partial charge in [-0.15, -0.1) is 11.3 Å². The number of methoxy groups -OCH3 is 1. The van der Waals surface area contributed by atoms with E-state index in [4.69, 9.17) is 10.5 Å². The van der Waals surface area contributed by atoms with Crippen LogP contribution < -0.4 is 5.73 Å². The highest BCUT2D eigenvalue weighted by molar-refractivity contribution is 7.09. The zero-order valence-electron chi connectivity index (χ0n) is 10.5. The summed E-state index contributed by atoms with van der Waals surface area (Å²) in [6.07, 6.45) is 7.69. The fraction of sp³-hybridized carbons (Fsp3) is 0.769. The van der Waals surface area contributed by atoms with Crippen LogP contribution in [-0.2, 0) is 11.2 Å². The molecule has 4 heteroatoms. The summed E-state index contributed by atoms with van der Waals surface area (Å²) < 4.78 is 5.68. The molecule has 3 nitrogen and oxygen atoms in total. The van der Waals surface area contributed by atoms with Gasteiger partial charge in [-0.25, -0.2) is 4.98 Å². The minimum absolute atomic E-state index is 0.201. The van der Waals surface area contributed by atoms with Crippen molar-refractivity contribution in [2.45, 2.75) is 44.6 Å². The Hall–Kier alpha value is -0.450. The van der Waals surface area contributed by atoms with E-state index in [9.17, 15) is 0 Å². The zero-order valence-corrected chi connectivity index (χ0v) is 11.3. The molecule has 0 radical (unpaired) electrons. The van der Waals surface area contributed by atoms with E-state index in [1.54, 1.807) is 11.3 Å². The minimum atomic E-state index is 0.201. The Labute approximate surface area is 107 Å². The lowest BCUT2D eigenvalue weighted by molar-refractivity contribution is 0.0351. The highest BCUT2D eigenvalue weighted by Crippen LogP contribution is 2.37. The summed E-state index contributed by atoms with van der Waals surface area (Å²) >= 11 is 1.72. The standard InChI is InChI=1S/C13H22N2OS/c1-16-12(10-5-3-2-4-6-10)13-15-11(7-8-14)9-17-13/h9-10,12H,2-8,14H2,1H3. The van der Waals surface area contributed by atoms with Crippen molar-refractivity contribution in [3.8, 4) is 0 Å². The second kappa shape index (κ2) is 6.47. The molecule has 1 aromatic rings. The summed E-state index contributed by atoms with van der Waals surface area (Å²) in [4.78, 5) is 4.66. The van der Waals surface area contributed by atoms with Gasteiger partial charge in [0, 0.05) is 18.9 Å². The van der Waals surface area contributed by atoms with E-state index in [0.717, 1.165) is 17.1 Å². The molecule has 1 atom stereocenters. The van der Waals surface area contributed by atoms with Gasteiger partial charge >= 0.3 is 0 Å². The van der Waals surface area contributed by atoms with E-state index < -0.39 is 0 Å². The lowest BCUT2D eigenvalue weighted by Crippen LogP contribution is -2.18. The van der Waals surface area contributed by atoms with Gasteiger partial charge in [0.05, 0.1) is 5.69 Å². The maximum Gasteiger partial charge on any atom is 0.122 e. The number of ether oxygens (including phenoxy) is 1. The van der Waals surface area contributed by atoms with Crippen molar-refractivity contribution in [3.05, 3.63) is 16.1 Å². The lowest BCUT2D eigenvalue weighted by Gasteiger charge is -2.27. The number of rotatable bonds is 5. The average molecular weight is 254 g/mol. The van der Waals surface area contributed by atoms with Gasteiger partial charge < -0.3 is 10.5 Å². The van der Waals surface area contributed by atoms with Crippen LogP contribution in [0.15, 0.2) is 5.38 Å². The molecule has 0 saturated heterocycles. The van der Waals surface area contributed by atoms with E-state index in [1.165, 1.54) is 32.1 Å². The Morgan fingerprint density at radius 3 is 2.88 bits per heavy atom. The Bertz CT molecular complexity index is 334. The molecule has 1 aromatic heterocycles. The van der Waals surface area contributed by atoms with Gasteiger partial charge in [-0.05, 0) is 25.3 Å². The highest BCUT2D eigenvalue weighted by atomic mass is 32.1. The van der Waals surface area contributed by atoms with E-state index in [2.05, 4.69) is 10.4 Å². The molecule has 0 aliphatic heterocycles. The summed E-state index contributed by atoms with van der Waals surface area (Å²) in [5.41, 5.74) is 6.67. The predicted molar refractivity (Wildman–Crippen MR) is 71.2 cm³/mol. The maximum absolute atomic E-state index is 5.68. The summed E-state index contributed by atoms with van der Waals surface area (Å²) in [7, 11) is 1.81. The first-order valence-corrected chi connectivity index (χ1v) is 7.40. The number of hydrogen-bond acceptors (Lipinski definition) is 4. The van der Waals surface area contributed by atoms with Crippen LogP contribution in [0, 0.1) is 5.92 Å². The monoisotopic (exact) mass is 254 g/mol. The van der Waals surface area contributed by atoms with Crippen LogP contribution in [0.25, 0.3) is 0 Å². The smallest absolute Gasteiger partial charge is 0.122 e. The number of hydrogen-bond donors (Lipinski definition) is 1. The van der Waals surface area contributed by atoms with Crippen molar-refractivity contribution in [3.63, 3.8) is 0 Å². The summed E-state index contributed by atoms with van der Waals surface area (Å²) in [5, 5.41) is 3.26. The van der Waals surface area contributed by atoms with Gasteiger partial charge in [-0.3, -0.25) is 0 Å². The Morgan fingerprint density at radius 2 is 2.24 bits per heavy atom. The molecule has 0 aromatic carbocycles. The number of nitrogens with zero attached hydrogens (tertiary/aromatic N) is 1. The molecular weight excluding hydrogens is 232 g/mol. The second-order valence-corrected chi connectivity index (χ2v) is 5.66. The summed E-state index contributed by atoms with van der Waals surface area (Å²) in [5.74, 6) is 0.658. The zero-order chi connectivity index (χ0) is 12.1. The third kappa shape index (κ3) is 3.27. The molecule has 0 bridgehead atoms. The Morgan fingerprint density at radius 1 is 1.47 bits per heavy atom. The van der Waals surface area contributed by atoms with E-state index in [1.807, 2.05) is 7.11 Å². The van der Waals surface area contributed by atoms with E-state index in [0.29, 0.717) is 12.5 Å². The fourth-order valence-corrected chi connectivity index (χ4v) is 3.67. The topological polar surface area (TPSA) is 48.1 Å². The van der Waals surface area contributed by atoms with Gasteiger partial charge in [-0.1, -0.05) is 19.3 Å². The van der Waals surface area contributed by atoms with E-state index >= 15 is 0 Å². The van der Waals surface area contributed by atoms with Crippen molar-refractivity contribution in [2.75, 3.05) is 13.7 Å². The van der Waals surface area contributed by atoms with Gasteiger partial charge in [0.1, 0.15) is 11.1 Å². The normalized spacial score (nSPS) is 19.4. The number of aromatic nitrogens is 1. The minimum Gasteiger partial charge on any atom is -0.374 e. The van der Waals surface area contributed by atoms with Crippen molar-refractivity contribution < 1.29 is 4.74 Å². The largest absolute Gasteiger partial charge is 0.374 e. The summed E-state index contributed by atoms with van der Waals surface area (Å²) in [6, 6.07) is 0. The molecule has 2 rings (SSSR count). The van der Waals surface area contributed by atoms with Crippen LogP contribution in [0.5, 0.6) is 0 Å². The quantitative estimate of drug-likeness (QED) is 0.879. The molecule has 1 fully saturated rings. The predicted octanol–water partition coefficient (Wildman–Crippen LogP) is 2.91. The summed E-state index contributed by atoms with van der Waals surface area (Å²) in [6.45, 7) is 0.671. The van der Waals surface area contributed by atoms with Crippen molar-refractivity contribution in [1.82, 2.24) is 4.98 Å². The molecule has 1 aliphatic rings. The fourth-order valence-electron chi connectivity index (χ4n) is 2.65. The molecule has 2 N–H and O–H groups in total. The first-order chi connectivity index (χ1) is 8.35.